The molecular formula is C90H115B6N9O28S5. The van der Waals surface area contributed by atoms with Crippen molar-refractivity contribution in [1.29, 1.82) is 0 Å². The third-order valence-corrected chi connectivity index (χ3v) is 24.4. The van der Waals surface area contributed by atoms with Gasteiger partial charge in [-0.3, -0.25) is 57.5 Å². The van der Waals surface area contributed by atoms with Gasteiger partial charge in [0.25, 0.3) is 17.7 Å². The number of carbonyl (C=O) groups is 12. The molecule has 14 N–H and O–H groups in total. The highest BCUT2D eigenvalue weighted by Crippen LogP contribution is 2.24. The molecule has 1 aromatic carbocycles. The molecule has 138 heavy (non-hydrogen) atoms. The van der Waals surface area contributed by atoms with Crippen molar-refractivity contribution in [2.45, 2.75) is 224 Å². The van der Waals surface area contributed by atoms with Crippen LogP contribution in [-0.4, -0.2) is 256 Å². The quantitative estimate of drug-likeness (QED) is 0.00683. The predicted octanol–water partition coefficient (Wildman–Crippen LogP) is 6.39. The van der Waals surface area contributed by atoms with Gasteiger partial charge in [0.1, 0.15) is 53.7 Å². The highest BCUT2D eigenvalue weighted by molar-refractivity contribution is 7.14. The minimum Gasteiger partial charge on any atom is -0.508 e. The maximum atomic E-state index is 12.6. The Bertz CT molecular complexity index is 4960. The molecule has 5 aromatic heterocycles. The lowest BCUT2D eigenvalue weighted by molar-refractivity contribution is -0.121. The van der Waals surface area contributed by atoms with Crippen molar-refractivity contribution in [2.75, 3.05) is 13.2 Å². The van der Waals surface area contributed by atoms with Crippen molar-refractivity contribution >= 4 is 187 Å². The monoisotopic (exact) mass is 2000 g/mol. The standard InChI is InChI=1S/2C16H21BN2O5S.C16H20BNO5.C14H17BN2O5S.2C14H18BNO4S/c2*1-3-23-19-15(13-7-5-9-25-13)16(21)18-14-8-4-6-12(10-11(2)20)24-17(14)22;1-11(19)9-13-6-4-8-15(17(22)23-13)18-16(21)10-12-5-2-3-7-14(12)20;1-9(18)8-10-4-2-6-12(15(20)22-10)16-14(19)13(17-21)11-5-3-7-23-11;2*1-10(17)8-11-4-2-6-13(15(19)20-11)16-14(18)9-12-5-3-7-21-12/h2*4-7,9,12,14,22H,3,8,10H2,1-2H3,(H,18,21);2-7,13,15,20,22H,8-10H2,1H3,(H,18,21);2-5,7,10,12,20-21H,6,8H2,1H3,(H,16,19);2*2-5,7,11,13,19H,6,8-9H2,1H3,(H,16,18)/b19-15+;19-15-;;17-13-;;/t2*12-,14+;13-,15+;10-,12+;11-,13+;11-,13-/m111110/s1. The number of hydrogen-bond donors (Lipinski definition) is 14. The second-order valence-corrected chi connectivity index (χ2v) is 36.9. The lowest BCUT2D eigenvalue weighted by atomic mass is 9.77. The summed E-state index contributed by atoms with van der Waals surface area (Å²) in [6.07, 6.45) is 22.5. The highest BCUT2D eigenvalue weighted by Gasteiger charge is 2.40. The predicted molar refractivity (Wildman–Crippen MR) is 528 cm³/mol. The largest absolute Gasteiger partial charge is 0.508 e. The molecule has 0 bridgehead atoms. The molecule has 12 rings (SSSR count). The average Bonchev–Trinajstić information content (AvgIpc) is 1.74. The fourth-order valence-electron chi connectivity index (χ4n) is 13.6. The van der Waals surface area contributed by atoms with Gasteiger partial charge in [-0.15, -0.1) is 56.7 Å². The van der Waals surface area contributed by atoms with E-state index in [0.717, 1.165) is 9.75 Å². The zero-order chi connectivity index (χ0) is 101. The molecule has 6 aliphatic heterocycles. The molecule has 0 aliphatic carbocycles. The van der Waals surface area contributed by atoms with Crippen LogP contribution in [0.1, 0.15) is 162 Å². The SMILES string of the molecule is CC(=O)C[C@@H]1C=CC[C@H](NC(=O)Cc2cccs2)B(O)O1.CC(=O)C[C@H]1C=CC[C@H](NC(=O)/C(=N\O)c2cccs2)B(O)O1.CC(=O)C[C@H]1C=CC[C@H](NC(=O)Cc2ccccc2O)B(O)O1.CC(=O)C[C@H]1C=CC[C@H](NC(=O)Cc2cccs2)B(O)O1.CCO/N=C(/C(=O)N[C@H]1CC=C[C@H](CC(C)=O)OB1O)c1cccs1.CCO/N=C(\C(=O)N[C@H]1CC=C[C@H](CC(C)=O)OB1O)c1cccs1. The summed E-state index contributed by atoms with van der Waals surface area (Å²) in [7, 11) is -7.13. The van der Waals surface area contributed by atoms with Crippen LogP contribution < -0.4 is 31.9 Å². The Kier molecular flexibility index (Phi) is 50.9. The molecule has 736 valence electrons. The summed E-state index contributed by atoms with van der Waals surface area (Å²) < 4.78 is 32.5. The van der Waals surface area contributed by atoms with Crippen LogP contribution >= 0.6 is 56.7 Å². The number of nitrogens with zero attached hydrogens (tertiary/aromatic N) is 3. The molecule has 0 unspecified atom stereocenters. The second kappa shape index (κ2) is 61.5. The van der Waals surface area contributed by atoms with Gasteiger partial charge in [0.2, 0.25) is 17.7 Å². The summed E-state index contributed by atoms with van der Waals surface area (Å²) in [5, 5.41) is 116. The molecule has 12 atom stereocenters. The fraction of sp³-hybridized carbons (Fsp3) is 0.411. The number of aromatic hydroxyl groups is 1. The van der Waals surface area contributed by atoms with Gasteiger partial charge in [0.15, 0.2) is 17.1 Å². The van der Waals surface area contributed by atoms with Crippen molar-refractivity contribution < 1.29 is 136 Å². The van der Waals surface area contributed by atoms with E-state index < -0.39 is 133 Å². The Morgan fingerprint density at radius 1 is 0.341 bits per heavy atom. The average molecular weight is 2000 g/mol. The molecular weight excluding hydrogens is 1880 g/mol. The van der Waals surface area contributed by atoms with Crippen LogP contribution in [0.4, 0.5) is 0 Å². The third kappa shape index (κ3) is 42.4. The summed E-state index contributed by atoms with van der Waals surface area (Å²) in [5.41, 5.74) is 0.690. The number of thiophene rings is 5. The number of para-hydroxylation sites is 1. The summed E-state index contributed by atoms with van der Waals surface area (Å²) >= 11 is 7.03. The van der Waals surface area contributed by atoms with Crippen LogP contribution in [0.5, 0.6) is 5.75 Å². The van der Waals surface area contributed by atoms with Crippen molar-refractivity contribution in [3.05, 3.63) is 215 Å². The first-order valence-electron chi connectivity index (χ1n) is 44.4. The lowest BCUT2D eigenvalue weighted by Crippen LogP contribution is -2.50. The number of Topliss-reactive ketones (excluding diaryl/α,β-unsaturated/α-hetero) is 6. The first-order chi connectivity index (χ1) is 66.1. The van der Waals surface area contributed by atoms with Gasteiger partial charge in [-0.05, 0) is 157 Å². The number of carbonyl (C=O) groups excluding carboxylic acids is 12. The number of ketones is 6. The van der Waals surface area contributed by atoms with E-state index in [9.17, 15) is 92.8 Å². The molecule has 37 nitrogen and oxygen atoms in total. The number of hydrogen-bond acceptors (Lipinski definition) is 36. The van der Waals surface area contributed by atoms with Gasteiger partial charge in [-0.2, -0.15) is 0 Å². The molecule has 11 heterocycles. The molecule has 0 radical (unpaired) electrons. The minimum absolute atomic E-state index is 0.00275. The van der Waals surface area contributed by atoms with Gasteiger partial charge in [-0.1, -0.05) is 137 Å². The van der Waals surface area contributed by atoms with Crippen LogP contribution in [0.25, 0.3) is 0 Å². The molecule has 0 saturated carbocycles. The molecule has 48 heteroatoms. The second-order valence-electron chi connectivity index (χ2n) is 32.0. The van der Waals surface area contributed by atoms with E-state index in [4.69, 9.17) is 42.8 Å². The summed E-state index contributed by atoms with van der Waals surface area (Å²) in [5.74, 6) is -5.83. The van der Waals surface area contributed by atoms with Crippen molar-refractivity contribution in [3.63, 3.8) is 0 Å². The Morgan fingerprint density at radius 2 is 0.587 bits per heavy atom. The number of rotatable bonds is 34. The normalized spacial score (nSPS) is 21.4. The molecule has 0 spiro atoms. The van der Waals surface area contributed by atoms with Crippen molar-refractivity contribution in [3.8, 4) is 5.75 Å². The van der Waals surface area contributed by atoms with Crippen LogP contribution in [0.2, 0.25) is 0 Å². The minimum atomic E-state index is -1.26. The number of phenolic OH excluding ortho intramolecular Hbond substituents is 1. The van der Waals surface area contributed by atoms with E-state index in [-0.39, 0.29) is 120 Å². The van der Waals surface area contributed by atoms with Gasteiger partial charge >= 0.3 is 42.7 Å². The van der Waals surface area contributed by atoms with E-state index in [1.165, 1.54) is 104 Å². The van der Waals surface area contributed by atoms with E-state index in [1.807, 2.05) is 70.1 Å². The van der Waals surface area contributed by atoms with Crippen LogP contribution in [0, 0.1) is 0 Å². The van der Waals surface area contributed by atoms with Gasteiger partial charge in [0, 0.05) is 53.8 Å². The molecule has 6 aliphatic rings. The molecule has 0 saturated heterocycles. The maximum absolute atomic E-state index is 12.6. The Labute approximate surface area is 822 Å². The zero-order valence-electron chi connectivity index (χ0n) is 77.4. The fourth-order valence-corrected chi connectivity index (χ4v) is 17.1. The lowest BCUT2D eigenvalue weighted by Gasteiger charge is -2.20. The number of benzene rings is 1. The molecule has 6 aromatic rings. The first kappa shape index (κ1) is 114. The van der Waals surface area contributed by atoms with Crippen molar-refractivity contribution in [1.82, 2.24) is 31.9 Å². The van der Waals surface area contributed by atoms with Gasteiger partial charge in [-0.25, -0.2) is 0 Å². The maximum Gasteiger partial charge on any atom is 0.478 e. The van der Waals surface area contributed by atoms with Crippen LogP contribution in [-0.2, 0) is 114 Å². The summed E-state index contributed by atoms with van der Waals surface area (Å²) in [6.45, 7) is 13.0. The third-order valence-electron chi connectivity index (χ3n) is 20.1. The smallest absolute Gasteiger partial charge is 0.478 e. The number of phenols is 1. The number of amides is 6. The summed E-state index contributed by atoms with van der Waals surface area (Å²) in [6, 6.07) is 24.7. The van der Waals surface area contributed by atoms with E-state index >= 15 is 0 Å². The van der Waals surface area contributed by atoms with Crippen LogP contribution in [0.15, 0.2) is 200 Å². The Balaban J connectivity index is 0.000000226. The Morgan fingerprint density at radius 3 is 0.826 bits per heavy atom. The molecule has 6 amide bonds. The highest BCUT2D eigenvalue weighted by atomic mass is 32.1. The van der Waals surface area contributed by atoms with Gasteiger partial charge in [0.05, 0.1) is 106 Å². The summed E-state index contributed by atoms with van der Waals surface area (Å²) in [4.78, 5) is 154. The van der Waals surface area contributed by atoms with Crippen molar-refractivity contribution in [2.24, 2.45) is 15.5 Å². The van der Waals surface area contributed by atoms with Crippen LogP contribution in [0.3, 0.4) is 0 Å². The topological polar surface area (TPSA) is 550 Å². The number of nitrogens with one attached hydrogen (secondary N) is 6. The van der Waals surface area contributed by atoms with Gasteiger partial charge < -0.3 is 110 Å². The zero-order valence-corrected chi connectivity index (χ0v) is 81.5. The Hall–Kier alpha value is -10.9. The number of oxime groups is 3. The first-order valence-corrected chi connectivity index (χ1v) is 48.8. The van der Waals surface area contributed by atoms with E-state index in [1.54, 1.807) is 122 Å². The molecule has 0 fully saturated rings. The van der Waals surface area contributed by atoms with E-state index in [2.05, 4.69) is 47.4 Å². The van der Waals surface area contributed by atoms with E-state index in [0.29, 0.717) is 84.8 Å².